The van der Waals surface area contributed by atoms with Crippen LogP contribution in [0.3, 0.4) is 0 Å². The van der Waals surface area contributed by atoms with Crippen molar-refractivity contribution in [3.63, 3.8) is 0 Å². The lowest BCUT2D eigenvalue weighted by atomic mass is 9.66. The number of hydrogen-bond donors (Lipinski definition) is 1. The molecule has 1 aliphatic rings. The Hall–Kier alpha value is -0.340. The number of hydrogen-bond acceptors (Lipinski definition) is 1. The predicted octanol–water partition coefficient (Wildman–Crippen LogP) is 5.26. The van der Waals surface area contributed by atoms with Gasteiger partial charge in [-0.1, -0.05) is 67.6 Å². The third-order valence-electron chi connectivity index (χ3n) is 4.91. The van der Waals surface area contributed by atoms with Crippen LogP contribution in [0.2, 0.25) is 0 Å². The van der Waals surface area contributed by atoms with Crippen molar-refractivity contribution >= 4 is 15.9 Å². The third-order valence-corrected chi connectivity index (χ3v) is 5.40. The summed E-state index contributed by atoms with van der Waals surface area (Å²) in [6, 6.07) is 8.22. The highest BCUT2D eigenvalue weighted by Gasteiger charge is 2.41. The van der Waals surface area contributed by atoms with Gasteiger partial charge in [0.15, 0.2) is 0 Å². The molecule has 0 bridgehead atoms. The maximum Gasteiger partial charge on any atom is 0.0924 e. The zero-order chi connectivity index (χ0) is 13.9. The molecule has 0 heterocycles. The van der Waals surface area contributed by atoms with Gasteiger partial charge in [-0.15, -0.1) is 0 Å². The summed E-state index contributed by atoms with van der Waals surface area (Å²) in [5.74, 6) is 1.07. The highest BCUT2D eigenvalue weighted by Crippen LogP contribution is 2.46. The highest BCUT2D eigenvalue weighted by atomic mass is 79.9. The zero-order valence-electron chi connectivity index (χ0n) is 12.0. The van der Waals surface area contributed by atoms with E-state index in [-0.39, 0.29) is 0 Å². The molecule has 1 saturated carbocycles. The van der Waals surface area contributed by atoms with Gasteiger partial charge < -0.3 is 5.11 Å². The summed E-state index contributed by atoms with van der Waals surface area (Å²) in [5.41, 5.74) is 0.417. The van der Waals surface area contributed by atoms with E-state index in [1.165, 1.54) is 25.7 Å². The number of aliphatic hydroxyl groups is 1. The highest BCUT2D eigenvalue weighted by molar-refractivity contribution is 9.10. The Labute approximate surface area is 125 Å². The quantitative estimate of drug-likeness (QED) is 0.800. The van der Waals surface area contributed by atoms with E-state index < -0.39 is 5.60 Å². The average Bonchev–Trinajstić information content (AvgIpc) is 2.46. The monoisotopic (exact) mass is 324 g/mol. The second kappa shape index (κ2) is 6.41. The first kappa shape index (κ1) is 15.1. The fraction of sp³-hybridized carbons (Fsp3) is 0.647. The van der Waals surface area contributed by atoms with Crippen LogP contribution in [0.1, 0.15) is 57.9 Å². The molecule has 1 nitrogen and oxygen atoms in total. The molecule has 0 aromatic heterocycles. The molecule has 0 amide bonds. The van der Waals surface area contributed by atoms with Crippen LogP contribution in [0, 0.1) is 11.8 Å². The average molecular weight is 325 g/mol. The van der Waals surface area contributed by atoms with E-state index in [4.69, 9.17) is 0 Å². The lowest BCUT2D eigenvalue weighted by Crippen LogP contribution is -2.40. The van der Waals surface area contributed by atoms with Crippen LogP contribution in [0.25, 0.3) is 0 Å². The summed E-state index contributed by atoms with van der Waals surface area (Å²) in [5, 5.41) is 11.3. The molecular formula is C17H25BrO. The first-order valence-corrected chi connectivity index (χ1v) is 8.39. The molecule has 1 aliphatic carbocycles. The maximum absolute atomic E-state index is 11.3. The molecule has 3 unspecified atom stereocenters. The fourth-order valence-corrected chi connectivity index (χ4v) is 4.16. The molecule has 1 aromatic carbocycles. The van der Waals surface area contributed by atoms with Gasteiger partial charge >= 0.3 is 0 Å². The third kappa shape index (κ3) is 3.05. The van der Waals surface area contributed by atoms with Crippen molar-refractivity contribution in [2.45, 2.75) is 58.0 Å². The number of halogens is 1. The van der Waals surface area contributed by atoms with E-state index in [9.17, 15) is 5.11 Å². The summed E-state index contributed by atoms with van der Waals surface area (Å²) in [6.07, 6.45) is 7.00. The Kier molecular flexibility index (Phi) is 5.08. The standard InChI is InChI=1S/C17H25BrO/c1-3-13-8-5-6-11-16(13)17(19,4-2)14-9-7-10-15(18)12-14/h7,9-10,12-13,16,19H,3-6,8,11H2,1-2H3. The van der Waals surface area contributed by atoms with E-state index in [0.717, 1.165) is 22.9 Å². The minimum absolute atomic E-state index is 0.408. The summed E-state index contributed by atoms with van der Waals surface area (Å²) in [4.78, 5) is 0. The van der Waals surface area contributed by atoms with Crippen LogP contribution in [0.5, 0.6) is 0 Å². The van der Waals surface area contributed by atoms with Crippen molar-refractivity contribution in [2.75, 3.05) is 0 Å². The van der Waals surface area contributed by atoms with Gasteiger partial charge in [-0.3, -0.25) is 0 Å². The van der Waals surface area contributed by atoms with Gasteiger partial charge in [-0.05, 0) is 42.4 Å². The first-order chi connectivity index (χ1) is 9.11. The fourth-order valence-electron chi connectivity index (χ4n) is 3.76. The van der Waals surface area contributed by atoms with E-state index in [0.29, 0.717) is 11.8 Å². The van der Waals surface area contributed by atoms with Gasteiger partial charge in [-0.2, -0.15) is 0 Å². The van der Waals surface area contributed by atoms with Gasteiger partial charge in [0, 0.05) is 4.47 Å². The molecule has 1 aromatic rings. The second-order valence-electron chi connectivity index (χ2n) is 5.85. The largest absolute Gasteiger partial charge is 0.385 e. The van der Waals surface area contributed by atoms with Crippen molar-refractivity contribution in [3.05, 3.63) is 34.3 Å². The van der Waals surface area contributed by atoms with E-state index in [1.54, 1.807) is 0 Å². The summed E-state index contributed by atoms with van der Waals surface area (Å²) < 4.78 is 1.06. The Morgan fingerprint density at radius 2 is 2.00 bits per heavy atom. The van der Waals surface area contributed by atoms with Crippen molar-refractivity contribution in [3.8, 4) is 0 Å². The van der Waals surface area contributed by atoms with E-state index >= 15 is 0 Å². The first-order valence-electron chi connectivity index (χ1n) is 7.60. The Balaban J connectivity index is 2.35. The van der Waals surface area contributed by atoms with Crippen LogP contribution in [-0.2, 0) is 5.60 Å². The van der Waals surface area contributed by atoms with Crippen molar-refractivity contribution in [1.82, 2.24) is 0 Å². The second-order valence-corrected chi connectivity index (χ2v) is 6.76. The van der Waals surface area contributed by atoms with Gasteiger partial charge in [0.05, 0.1) is 5.60 Å². The molecule has 19 heavy (non-hydrogen) atoms. The molecule has 106 valence electrons. The molecule has 0 spiro atoms. The minimum atomic E-state index is -0.662. The predicted molar refractivity (Wildman–Crippen MR) is 84.1 cm³/mol. The van der Waals surface area contributed by atoms with Crippen LogP contribution in [0.15, 0.2) is 28.7 Å². The topological polar surface area (TPSA) is 20.2 Å². The molecule has 0 aliphatic heterocycles. The van der Waals surface area contributed by atoms with Gasteiger partial charge in [0.25, 0.3) is 0 Å². The Morgan fingerprint density at radius 1 is 1.26 bits per heavy atom. The van der Waals surface area contributed by atoms with Crippen LogP contribution in [-0.4, -0.2) is 5.11 Å². The van der Waals surface area contributed by atoms with Gasteiger partial charge in [-0.25, -0.2) is 0 Å². The minimum Gasteiger partial charge on any atom is -0.385 e. The molecule has 0 saturated heterocycles. The Bertz CT molecular complexity index is 417. The SMILES string of the molecule is CCC1CCCCC1C(O)(CC)c1cccc(Br)c1. The molecule has 0 radical (unpaired) electrons. The van der Waals surface area contributed by atoms with Gasteiger partial charge in [0.1, 0.15) is 0 Å². The van der Waals surface area contributed by atoms with Crippen molar-refractivity contribution < 1.29 is 5.11 Å². The van der Waals surface area contributed by atoms with Crippen LogP contribution in [0.4, 0.5) is 0 Å². The molecule has 3 atom stereocenters. The molecule has 2 heteroatoms. The lowest BCUT2D eigenvalue weighted by molar-refractivity contribution is -0.0673. The molecule has 1 N–H and O–H groups in total. The van der Waals surface area contributed by atoms with Crippen molar-refractivity contribution in [2.24, 2.45) is 11.8 Å². The number of benzene rings is 1. The molecule has 2 rings (SSSR count). The van der Waals surface area contributed by atoms with E-state index in [1.807, 2.05) is 12.1 Å². The lowest BCUT2D eigenvalue weighted by Gasteiger charge is -2.43. The van der Waals surface area contributed by atoms with Crippen molar-refractivity contribution in [1.29, 1.82) is 0 Å². The zero-order valence-corrected chi connectivity index (χ0v) is 13.6. The van der Waals surface area contributed by atoms with Crippen LogP contribution >= 0.6 is 15.9 Å². The molecular weight excluding hydrogens is 300 g/mol. The molecule has 1 fully saturated rings. The van der Waals surface area contributed by atoms with Crippen LogP contribution < -0.4 is 0 Å². The van der Waals surface area contributed by atoms with E-state index in [2.05, 4.69) is 41.9 Å². The summed E-state index contributed by atoms with van der Waals surface area (Å²) in [7, 11) is 0. The summed E-state index contributed by atoms with van der Waals surface area (Å²) in [6.45, 7) is 4.38. The normalized spacial score (nSPS) is 26.9. The van der Waals surface area contributed by atoms with Gasteiger partial charge in [0.2, 0.25) is 0 Å². The maximum atomic E-state index is 11.3. The number of rotatable bonds is 4. The summed E-state index contributed by atoms with van der Waals surface area (Å²) >= 11 is 3.53. The Morgan fingerprint density at radius 3 is 2.63 bits per heavy atom. The smallest absolute Gasteiger partial charge is 0.0924 e.